The summed E-state index contributed by atoms with van der Waals surface area (Å²) in [7, 11) is 1.61. The van der Waals surface area contributed by atoms with E-state index in [1.54, 1.807) is 7.11 Å². The number of hydrogen-bond donors (Lipinski definition) is 1. The molecule has 1 aromatic rings. The Hall–Kier alpha value is -1.28. The van der Waals surface area contributed by atoms with Gasteiger partial charge in [0.15, 0.2) is 0 Å². The Morgan fingerprint density at radius 3 is 2.42 bits per heavy atom. The van der Waals surface area contributed by atoms with Crippen LogP contribution in [0.2, 0.25) is 0 Å². The Morgan fingerprint density at radius 1 is 1.42 bits per heavy atom. The fraction of sp³-hybridized carbons (Fsp3) is 0.200. The number of methoxy groups -OCH3 is 1. The van der Waals surface area contributed by atoms with Crippen molar-refractivity contribution < 1.29 is 4.74 Å². The molecule has 0 aliphatic carbocycles. The zero-order chi connectivity index (χ0) is 8.97. The first-order valence-corrected chi connectivity index (χ1v) is 3.80. The highest BCUT2D eigenvalue weighted by molar-refractivity contribution is 5.57. The van der Waals surface area contributed by atoms with Crippen LogP contribution in [0.1, 0.15) is 11.1 Å². The molecule has 1 rings (SSSR count). The van der Waals surface area contributed by atoms with Crippen LogP contribution < -0.4 is 5.73 Å². The van der Waals surface area contributed by atoms with E-state index in [-0.39, 0.29) is 0 Å². The second-order valence-corrected chi connectivity index (χ2v) is 2.53. The molecular weight excluding hydrogens is 150 g/mol. The fourth-order valence-electron chi connectivity index (χ4n) is 0.945. The SMILES string of the molecule is C=C(OC)c1ccc(CN)cc1. The summed E-state index contributed by atoms with van der Waals surface area (Å²) in [6, 6.07) is 7.85. The molecule has 2 nitrogen and oxygen atoms in total. The van der Waals surface area contributed by atoms with Crippen molar-refractivity contribution in [2.45, 2.75) is 6.54 Å². The zero-order valence-corrected chi connectivity index (χ0v) is 7.21. The van der Waals surface area contributed by atoms with Crippen molar-refractivity contribution in [2.75, 3.05) is 7.11 Å². The van der Waals surface area contributed by atoms with Crippen LogP contribution in [0, 0.1) is 0 Å². The molecule has 0 fully saturated rings. The van der Waals surface area contributed by atoms with Crippen molar-refractivity contribution in [1.29, 1.82) is 0 Å². The molecule has 64 valence electrons. The third-order valence-corrected chi connectivity index (χ3v) is 1.76. The van der Waals surface area contributed by atoms with Gasteiger partial charge in [-0.05, 0) is 5.56 Å². The molecule has 1 aromatic carbocycles. The monoisotopic (exact) mass is 163 g/mol. The minimum absolute atomic E-state index is 0.569. The van der Waals surface area contributed by atoms with Gasteiger partial charge in [-0.3, -0.25) is 0 Å². The van der Waals surface area contributed by atoms with Crippen LogP contribution in [0.4, 0.5) is 0 Å². The molecule has 0 aromatic heterocycles. The molecule has 0 bridgehead atoms. The number of hydrogen-bond acceptors (Lipinski definition) is 2. The Kier molecular flexibility index (Phi) is 2.88. The van der Waals surface area contributed by atoms with E-state index < -0.39 is 0 Å². The highest BCUT2D eigenvalue weighted by Gasteiger charge is 1.96. The van der Waals surface area contributed by atoms with Gasteiger partial charge in [0.05, 0.1) is 7.11 Å². The van der Waals surface area contributed by atoms with Crippen LogP contribution in [-0.4, -0.2) is 7.11 Å². The van der Waals surface area contributed by atoms with Gasteiger partial charge in [0, 0.05) is 12.1 Å². The van der Waals surface area contributed by atoms with Crippen LogP contribution in [0.5, 0.6) is 0 Å². The summed E-state index contributed by atoms with van der Waals surface area (Å²) in [5, 5.41) is 0. The lowest BCUT2D eigenvalue weighted by molar-refractivity contribution is 0.371. The quantitative estimate of drug-likeness (QED) is 0.689. The van der Waals surface area contributed by atoms with Crippen LogP contribution in [0.25, 0.3) is 5.76 Å². The molecular formula is C10H13NO. The third-order valence-electron chi connectivity index (χ3n) is 1.76. The molecule has 0 saturated carbocycles. The molecule has 0 aliphatic heterocycles. The van der Waals surface area contributed by atoms with Crippen LogP contribution in [0.15, 0.2) is 30.8 Å². The molecule has 0 saturated heterocycles. The lowest BCUT2D eigenvalue weighted by atomic mass is 10.1. The maximum atomic E-state index is 5.45. The summed E-state index contributed by atoms with van der Waals surface area (Å²) in [5.74, 6) is 0.679. The fourth-order valence-corrected chi connectivity index (χ4v) is 0.945. The molecule has 0 atom stereocenters. The number of ether oxygens (including phenoxy) is 1. The predicted octanol–water partition coefficient (Wildman–Crippen LogP) is 1.76. The Bertz CT molecular complexity index is 264. The van der Waals surface area contributed by atoms with Crippen molar-refractivity contribution in [3.05, 3.63) is 42.0 Å². The molecule has 12 heavy (non-hydrogen) atoms. The summed E-state index contributed by atoms with van der Waals surface area (Å²) in [5.41, 5.74) is 7.56. The lowest BCUT2D eigenvalue weighted by Crippen LogP contribution is -1.95. The van der Waals surface area contributed by atoms with Gasteiger partial charge in [0.25, 0.3) is 0 Å². The minimum atomic E-state index is 0.569. The van der Waals surface area contributed by atoms with Gasteiger partial charge in [-0.15, -0.1) is 0 Å². The highest BCUT2D eigenvalue weighted by Crippen LogP contribution is 2.13. The van der Waals surface area contributed by atoms with E-state index in [1.165, 1.54) is 0 Å². The summed E-state index contributed by atoms with van der Waals surface area (Å²) in [6.45, 7) is 4.31. The second kappa shape index (κ2) is 3.93. The van der Waals surface area contributed by atoms with Gasteiger partial charge in [0.2, 0.25) is 0 Å². The van der Waals surface area contributed by atoms with E-state index in [1.807, 2.05) is 24.3 Å². The number of benzene rings is 1. The molecule has 2 heteroatoms. The Labute approximate surface area is 72.7 Å². The first-order valence-electron chi connectivity index (χ1n) is 3.80. The summed E-state index contributed by atoms with van der Waals surface area (Å²) >= 11 is 0. The van der Waals surface area contributed by atoms with E-state index in [9.17, 15) is 0 Å². The molecule has 0 radical (unpaired) electrons. The molecule has 0 unspecified atom stereocenters. The van der Waals surface area contributed by atoms with E-state index in [4.69, 9.17) is 10.5 Å². The first kappa shape index (κ1) is 8.81. The standard InChI is InChI=1S/C10H13NO/c1-8(12-2)10-5-3-9(7-11)4-6-10/h3-6H,1,7,11H2,2H3. The normalized spacial score (nSPS) is 9.50. The van der Waals surface area contributed by atoms with Gasteiger partial charge in [-0.2, -0.15) is 0 Å². The van der Waals surface area contributed by atoms with Crippen molar-refractivity contribution >= 4 is 5.76 Å². The van der Waals surface area contributed by atoms with Crippen molar-refractivity contribution in [1.82, 2.24) is 0 Å². The maximum absolute atomic E-state index is 5.45. The first-order chi connectivity index (χ1) is 5.77. The molecule has 0 heterocycles. The van der Waals surface area contributed by atoms with Crippen molar-refractivity contribution in [3.8, 4) is 0 Å². The average molecular weight is 163 g/mol. The topological polar surface area (TPSA) is 35.2 Å². The maximum Gasteiger partial charge on any atom is 0.118 e. The van der Waals surface area contributed by atoms with Gasteiger partial charge in [-0.25, -0.2) is 0 Å². The molecule has 0 spiro atoms. The average Bonchev–Trinajstić information content (AvgIpc) is 2.17. The summed E-state index contributed by atoms with van der Waals surface area (Å²) in [6.07, 6.45) is 0. The highest BCUT2D eigenvalue weighted by atomic mass is 16.5. The predicted molar refractivity (Wildman–Crippen MR) is 50.4 cm³/mol. The smallest absolute Gasteiger partial charge is 0.118 e. The van der Waals surface area contributed by atoms with Gasteiger partial charge in [0.1, 0.15) is 5.76 Å². The van der Waals surface area contributed by atoms with E-state index >= 15 is 0 Å². The zero-order valence-electron chi connectivity index (χ0n) is 7.21. The summed E-state index contributed by atoms with van der Waals surface area (Å²) < 4.78 is 4.98. The number of rotatable bonds is 3. The van der Waals surface area contributed by atoms with Gasteiger partial charge in [-0.1, -0.05) is 30.8 Å². The van der Waals surface area contributed by atoms with E-state index in [0.29, 0.717) is 12.3 Å². The number of nitrogens with two attached hydrogens (primary N) is 1. The van der Waals surface area contributed by atoms with E-state index in [0.717, 1.165) is 11.1 Å². The Morgan fingerprint density at radius 2 is 2.00 bits per heavy atom. The van der Waals surface area contributed by atoms with Gasteiger partial charge < -0.3 is 10.5 Å². The van der Waals surface area contributed by atoms with E-state index in [2.05, 4.69) is 6.58 Å². The van der Waals surface area contributed by atoms with Crippen molar-refractivity contribution in [3.63, 3.8) is 0 Å². The van der Waals surface area contributed by atoms with Crippen LogP contribution in [0.3, 0.4) is 0 Å². The third kappa shape index (κ3) is 1.86. The van der Waals surface area contributed by atoms with Gasteiger partial charge >= 0.3 is 0 Å². The largest absolute Gasteiger partial charge is 0.497 e. The molecule has 0 amide bonds. The lowest BCUT2D eigenvalue weighted by Gasteiger charge is -2.04. The van der Waals surface area contributed by atoms with Crippen molar-refractivity contribution in [2.24, 2.45) is 5.73 Å². The molecule has 2 N–H and O–H groups in total. The molecule has 0 aliphatic rings. The Balaban J connectivity index is 2.84. The van der Waals surface area contributed by atoms with Crippen LogP contribution >= 0.6 is 0 Å². The minimum Gasteiger partial charge on any atom is -0.497 e. The summed E-state index contributed by atoms with van der Waals surface area (Å²) in [4.78, 5) is 0. The van der Waals surface area contributed by atoms with Crippen LogP contribution in [-0.2, 0) is 11.3 Å². The second-order valence-electron chi connectivity index (χ2n) is 2.53.